The van der Waals surface area contributed by atoms with Crippen molar-refractivity contribution in [2.24, 2.45) is 0 Å². The van der Waals surface area contributed by atoms with Crippen LogP contribution in [0.15, 0.2) is 36.7 Å². The van der Waals surface area contributed by atoms with Crippen LogP contribution in [-0.4, -0.2) is 22.4 Å². The topological polar surface area (TPSA) is 80.9 Å². The number of hydrogen-bond donors (Lipinski definition) is 2. The zero-order valence-electron chi connectivity index (χ0n) is 13.5. The summed E-state index contributed by atoms with van der Waals surface area (Å²) in [6.45, 7) is 2.49. The predicted molar refractivity (Wildman–Crippen MR) is 97.0 cm³/mol. The van der Waals surface area contributed by atoms with Crippen LogP contribution in [0.4, 0.5) is 10.1 Å². The smallest absolute Gasteiger partial charge is 0.272 e. The number of nitrogen functional groups attached to an aromatic ring is 1. The van der Waals surface area contributed by atoms with Gasteiger partial charge in [0.1, 0.15) is 0 Å². The first kappa shape index (κ1) is 17.1. The Bertz CT molecular complexity index is 961. The van der Waals surface area contributed by atoms with Gasteiger partial charge in [0.15, 0.2) is 5.69 Å². The number of anilines is 1. The Balaban J connectivity index is 2.21. The molecule has 0 unspecified atom stereocenters. The molecule has 0 radical (unpaired) electrons. The summed E-state index contributed by atoms with van der Waals surface area (Å²) in [7, 11) is 0. The van der Waals surface area contributed by atoms with Crippen LogP contribution in [0.2, 0.25) is 5.02 Å². The van der Waals surface area contributed by atoms with E-state index in [9.17, 15) is 9.18 Å². The van der Waals surface area contributed by atoms with E-state index in [1.54, 1.807) is 24.3 Å². The van der Waals surface area contributed by atoms with Crippen LogP contribution in [0, 0.1) is 5.95 Å². The monoisotopic (exact) mass is 358 g/mol. The van der Waals surface area contributed by atoms with Crippen molar-refractivity contribution in [1.29, 1.82) is 0 Å². The van der Waals surface area contributed by atoms with Gasteiger partial charge in [-0.2, -0.15) is 4.39 Å². The second-order valence-electron chi connectivity index (χ2n) is 5.50. The number of rotatable bonds is 4. The lowest BCUT2D eigenvalue weighted by Gasteiger charge is -2.13. The Kier molecular flexibility index (Phi) is 4.81. The largest absolute Gasteiger partial charge is 0.396 e. The molecular weight excluding hydrogens is 343 g/mol. The number of carbonyl (C=O) groups excluding carboxylic acids is 1. The molecule has 0 saturated carbocycles. The summed E-state index contributed by atoms with van der Waals surface area (Å²) in [4.78, 5) is 20.0. The molecule has 1 aromatic carbocycles. The lowest BCUT2D eigenvalue weighted by molar-refractivity contribution is 0.0950. The maximum Gasteiger partial charge on any atom is 0.272 e. The van der Waals surface area contributed by atoms with Gasteiger partial charge in [-0.15, -0.1) is 0 Å². The van der Waals surface area contributed by atoms with E-state index in [4.69, 9.17) is 17.3 Å². The zero-order chi connectivity index (χ0) is 18.0. The first-order valence-electron chi connectivity index (χ1n) is 7.80. The molecule has 128 valence electrons. The number of carbonyl (C=O) groups is 1. The minimum Gasteiger partial charge on any atom is -0.396 e. The quantitative estimate of drug-likeness (QED) is 0.695. The normalized spacial score (nSPS) is 10.8. The minimum absolute atomic E-state index is 0.140. The standard InChI is InChI=1S/C18H16ClFN4O/c1-2-7-23-18(25)16-15(21)10-5-6-13(19)14(12(10)9-24-16)11-4-3-8-22-17(11)20/h3-6,8-9H,2,7,21H2,1H3,(H,23,25). The highest BCUT2D eigenvalue weighted by Crippen LogP contribution is 2.38. The molecule has 25 heavy (non-hydrogen) atoms. The third kappa shape index (κ3) is 3.13. The molecule has 0 aliphatic rings. The number of halogens is 2. The van der Waals surface area contributed by atoms with Gasteiger partial charge >= 0.3 is 0 Å². The molecule has 3 N–H and O–H groups in total. The first-order chi connectivity index (χ1) is 12.0. The lowest BCUT2D eigenvalue weighted by Crippen LogP contribution is -2.26. The molecule has 2 heterocycles. The van der Waals surface area contributed by atoms with Gasteiger partial charge in [-0.05, 0) is 24.6 Å². The van der Waals surface area contributed by atoms with E-state index < -0.39 is 5.95 Å². The second-order valence-corrected chi connectivity index (χ2v) is 5.91. The average molecular weight is 359 g/mol. The highest BCUT2D eigenvalue weighted by Gasteiger charge is 2.19. The molecule has 3 aromatic rings. The molecule has 0 atom stereocenters. The fraction of sp³-hybridized carbons (Fsp3) is 0.167. The van der Waals surface area contributed by atoms with E-state index in [1.165, 1.54) is 12.4 Å². The third-order valence-electron chi connectivity index (χ3n) is 3.84. The Morgan fingerprint density at radius 2 is 2.08 bits per heavy atom. The van der Waals surface area contributed by atoms with Gasteiger partial charge in [-0.3, -0.25) is 4.79 Å². The second kappa shape index (κ2) is 7.03. The molecule has 0 aliphatic heterocycles. The number of hydrogen-bond acceptors (Lipinski definition) is 4. The Morgan fingerprint density at radius 1 is 1.28 bits per heavy atom. The van der Waals surface area contributed by atoms with E-state index in [0.717, 1.165) is 6.42 Å². The summed E-state index contributed by atoms with van der Waals surface area (Å²) in [5.74, 6) is -0.981. The van der Waals surface area contributed by atoms with Crippen molar-refractivity contribution < 1.29 is 9.18 Å². The predicted octanol–water partition coefficient (Wildman–Crippen LogP) is 3.81. The average Bonchev–Trinajstić information content (AvgIpc) is 2.61. The molecule has 5 nitrogen and oxygen atoms in total. The number of fused-ring (bicyclic) bond motifs is 1. The number of benzene rings is 1. The number of nitrogens with zero attached hydrogens (tertiary/aromatic N) is 2. The van der Waals surface area contributed by atoms with Crippen molar-refractivity contribution in [2.45, 2.75) is 13.3 Å². The van der Waals surface area contributed by atoms with E-state index >= 15 is 0 Å². The lowest BCUT2D eigenvalue weighted by atomic mass is 9.99. The van der Waals surface area contributed by atoms with Gasteiger partial charge < -0.3 is 11.1 Å². The van der Waals surface area contributed by atoms with E-state index in [2.05, 4.69) is 15.3 Å². The van der Waals surface area contributed by atoms with E-state index in [1.807, 2.05) is 6.92 Å². The van der Waals surface area contributed by atoms with Crippen molar-refractivity contribution in [3.63, 3.8) is 0 Å². The van der Waals surface area contributed by atoms with Crippen LogP contribution in [0.3, 0.4) is 0 Å². The van der Waals surface area contributed by atoms with Crippen LogP contribution < -0.4 is 11.1 Å². The van der Waals surface area contributed by atoms with Crippen molar-refractivity contribution in [1.82, 2.24) is 15.3 Å². The maximum atomic E-state index is 14.1. The molecule has 2 aromatic heterocycles. The molecule has 7 heteroatoms. The van der Waals surface area contributed by atoms with Crippen LogP contribution in [-0.2, 0) is 0 Å². The summed E-state index contributed by atoms with van der Waals surface area (Å²) in [5.41, 5.74) is 7.22. The van der Waals surface area contributed by atoms with Gasteiger partial charge in [0, 0.05) is 45.9 Å². The number of pyridine rings is 2. The maximum absolute atomic E-state index is 14.1. The van der Waals surface area contributed by atoms with E-state index in [-0.39, 0.29) is 22.9 Å². The molecule has 1 amide bonds. The van der Waals surface area contributed by atoms with Crippen LogP contribution in [0.1, 0.15) is 23.8 Å². The van der Waals surface area contributed by atoms with Gasteiger partial charge in [-0.1, -0.05) is 24.6 Å². The number of aromatic nitrogens is 2. The summed E-state index contributed by atoms with van der Waals surface area (Å²) >= 11 is 6.29. The molecule has 0 fully saturated rings. The van der Waals surface area contributed by atoms with Crippen molar-refractivity contribution >= 4 is 34.0 Å². The summed E-state index contributed by atoms with van der Waals surface area (Å²) in [6.07, 6.45) is 3.65. The highest BCUT2D eigenvalue weighted by molar-refractivity contribution is 6.35. The van der Waals surface area contributed by atoms with Crippen molar-refractivity contribution in [3.05, 3.63) is 53.3 Å². The number of amides is 1. The van der Waals surface area contributed by atoms with Crippen molar-refractivity contribution in [3.8, 4) is 11.1 Å². The van der Waals surface area contributed by atoms with Gasteiger partial charge in [0.25, 0.3) is 5.91 Å². The summed E-state index contributed by atoms with van der Waals surface area (Å²) in [6, 6.07) is 6.52. The molecule has 3 rings (SSSR count). The fourth-order valence-corrected chi connectivity index (χ4v) is 2.90. The van der Waals surface area contributed by atoms with E-state index in [0.29, 0.717) is 27.9 Å². The number of nitrogens with one attached hydrogen (secondary N) is 1. The molecule has 0 spiro atoms. The van der Waals surface area contributed by atoms with Gasteiger partial charge in [-0.25, -0.2) is 9.97 Å². The van der Waals surface area contributed by atoms with Crippen LogP contribution in [0.5, 0.6) is 0 Å². The van der Waals surface area contributed by atoms with Crippen LogP contribution >= 0.6 is 11.6 Å². The fourth-order valence-electron chi connectivity index (χ4n) is 2.64. The Hall–Kier alpha value is -2.73. The Labute approximate surface area is 149 Å². The zero-order valence-corrected chi connectivity index (χ0v) is 14.3. The van der Waals surface area contributed by atoms with Crippen LogP contribution in [0.25, 0.3) is 21.9 Å². The molecule has 0 aliphatic carbocycles. The number of nitrogens with two attached hydrogens (primary N) is 1. The highest BCUT2D eigenvalue weighted by atomic mass is 35.5. The van der Waals surface area contributed by atoms with Gasteiger partial charge in [0.05, 0.1) is 5.69 Å². The minimum atomic E-state index is -0.639. The summed E-state index contributed by atoms with van der Waals surface area (Å²) < 4.78 is 14.1. The Morgan fingerprint density at radius 3 is 2.80 bits per heavy atom. The molecule has 0 saturated heterocycles. The first-order valence-corrected chi connectivity index (χ1v) is 8.18. The molecular formula is C18H16ClFN4O. The van der Waals surface area contributed by atoms with Crippen molar-refractivity contribution in [2.75, 3.05) is 12.3 Å². The SMILES string of the molecule is CCCNC(=O)c1ncc2c(-c3cccnc3F)c(Cl)ccc2c1N. The third-order valence-corrected chi connectivity index (χ3v) is 4.16. The molecule has 0 bridgehead atoms. The summed E-state index contributed by atoms with van der Waals surface area (Å²) in [5, 5.41) is 4.24. The van der Waals surface area contributed by atoms with Gasteiger partial charge in [0.2, 0.25) is 5.95 Å².